The molecule has 1 N–H and O–H groups in total. The first kappa shape index (κ1) is 12.3. The number of hydrogen-bond acceptors (Lipinski definition) is 5. The Kier molecular flexibility index (Phi) is 3.33. The third-order valence-corrected chi connectivity index (χ3v) is 3.22. The largest absolute Gasteiger partial charge is 0.339 e. The smallest absolute Gasteiger partial charge is 0.229 e. The summed E-state index contributed by atoms with van der Waals surface area (Å²) in [4.78, 5) is 8.75. The molecule has 2 aromatic heterocycles. The minimum Gasteiger partial charge on any atom is -0.339 e. The van der Waals surface area contributed by atoms with E-state index in [1.54, 1.807) is 0 Å². The highest BCUT2D eigenvalue weighted by molar-refractivity contribution is 4.99. The van der Waals surface area contributed by atoms with Gasteiger partial charge in [0.05, 0.1) is 13.1 Å². The van der Waals surface area contributed by atoms with E-state index in [1.165, 1.54) is 12.8 Å². The Morgan fingerprint density at radius 1 is 1.47 bits per heavy atom. The van der Waals surface area contributed by atoms with Crippen molar-refractivity contribution in [2.24, 2.45) is 0 Å². The fraction of sp³-hybridized carbons (Fsp3) is 0.615. The predicted molar refractivity (Wildman–Crippen MR) is 69.6 cm³/mol. The van der Waals surface area contributed by atoms with Crippen molar-refractivity contribution in [3.05, 3.63) is 29.9 Å². The second-order valence-electron chi connectivity index (χ2n) is 5.33. The van der Waals surface area contributed by atoms with Crippen LogP contribution < -0.4 is 5.32 Å². The molecule has 0 aromatic carbocycles. The van der Waals surface area contributed by atoms with Crippen LogP contribution in [0.3, 0.4) is 0 Å². The molecule has 1 saturated carbocycles. The molecule has 1 aliphatic carbocycles. The third kappa shape index (κ3) is 3.01. The van der Waals surface area contributed by atoms with E-state index >= 15 is 0 Å². The number of rotatable bonds is 6. The Hall–Kier alpha value is -1.69. The summed E-state index contributed by atoms with van der Waals surface area (Å²) < 4.78 is 7.27. The Morgan fingerprint density at radius 3 is 3.00 bits per heavy atom. The molecule has 0 saturated heterocycles. The molecule has 0 bridgehead atoms. The number of imidazole rings is 1. The highest BCUT2D eigenvalue weighted by Crippen LogP contribution is 2.19. The van der Waals surface area contributed by atoms with Gasteiger partial charge in [-0.25, -0.2) is 4.98 Å². The maximum absolute atomic E-state index is 5.21. The van der Waals surface area contributed by atoms with Gasteiger partial charge in [-0.1, -0.05) is 19.0 Å². The minimum absolute atomic E-state index is 0.264. The Morgan fingerprint density at radius 2 is 2.32 bits per heavy atom. The summed E-state index contributed by atoms with van der Waals surface area (Å²) in [6, 6.07) is 0.683. The molecule has 102 valence electrons. The SMILES string of the molecule is CC(C)c1nc(Cn2ccnc2CNC2CC2)no1. The second kappa shape index (κ2) is 5.13. The molecule has 0 radical (unpaired) electrons. The number of nitrogens with one attached hydrogen (secondary N) is 1. The lowest BCUT2D eigenvalue weighted by Gasteiger charge is -2.05. The molecule has 19 heavy (non-hydrogen) atoms. The zero-order chi connectivity index (χ0) is 13.2. The van der Waals surface area contributed by atoms with Gasteiger partial charge in [-0.3, -0.25) is 0 Å². The van der Waals surface area contributed by atoms with Crippen molar-refractivity contribution < 1.29 is 4.52 Å². The Bertz CT molecular complexity index is 541. The number of nitrogens with zero attached hydrogens (tertiary/aromatic N) is 4. The average Bonchev–Trinajstić information content (AvgIpc) is 2.92. The van der Waals surface area contributed by atoms with Crippen molar-refractivity contribution in [2.75, 3.05) is 0 Å². The van der Waals surface area contributed by atoms with Crippen LogP contribution in [0.4, 0.5) is 0 Å². The van der Waals surface area contributed by atoms with E-state index in [1.807, 2.05) is 26.2 Å². The Balaban J connectivity index is 1.65. The highest BCUT2D eigenvalue weighted by Gasteiger charge is 2.21. The number of hydrogen-bond donors (Lipinski definition) is 1. The molecule has 0 atom stereocenters. The molecular weight excluding hydrogens is 242 g/mol. The van der Waals surface area contributed by atoms with E-state index in [-0.39, 0.29) is 5.92 Å². The van der Waals surface area contributed by atoms with E-state index in [9.17, 15) is 0 Å². The molecule has 0 spiro atoms. The lowest BCUT2D eigenvalue weighted by atomic mass is 10.2. The lowest BCUT2D eigenvalue weighted by Crippen LogP contribution is -2.19. The summed E-state index contributed by atoms with van der Waals surface area (Å²) in [5.41, 5.74) is 0. The third-order valence-electron chi connectivity index (χ3n) is 3.22. The monoisotopic (exact) mass is 261 g/mol. The molecular formula is C13H19N5O. The molecule has 2 heterocycles. The van der Waals surface area contributed by atoms with Crippen molar-refractivity contribution in [3.63, 3.8) is 0 Å². The molecule has 0 aliphatic heterocycles. The van der Waals surface area contributed by atoms with Crippen LogP contribution in [0.1, 0.15) is 50.1 Å². The van der Waals surface area contributed by atoms with Gasteiger partial charge in [0.2, 0.25) is 5.89 Å². The summed E-state index contributed by atoms with van der Waals surface area (Å²) in [6.07, 6.45) is 6.33. The van der Waals surface area contributed by atoms with Crippen LogP contribution in [0, 0.1) is 0 Å². The van der Waals surface area contributed by atoms with Gasteiger partial charge in [-0.05, 0) is 12.8 Å². The fourth-order valence-electron chi connectivity index (χ4n) is 1.89. The van der Waals surface area contributed by atoms with Gasteiger partial charge in [0.15, 0.2) is 5.82 Å². The van der Waals surface area contributed by atoms with Crippen molar-refractivity contribution in [1.82, 2.24) is 25.0 Å². The molecule has 1 fully saturated rings. The van der Waals surface area contributed by atoms with Crippen LogP contribution in [-0.2, 0) is 13.1 Å². The average molecular weight is 261 g/mol. The molecule has 6 nitrogen and oxygen atoms in total. The van der Waals surface area contributed by atoms with Crippen molar-refractivity contribution in [3.8, 4) is 0 Å². The minimum atomic E-state index is 0.264. The van der Waals surface area contributed by atoms with E-state index in [0.29, 0.717) is 24.3 Å². The summed E-state index contributed by atoms with van der Waals surface area (Å²) in [5.74, 6) is 2.67. The standard InChI is InChI=1S/C13H19N5O/c1-9(2)13-16-11(17-19-13)8-18-6-5-14-12(18)7-15-10-3-4-10/h5-6,9-10,15H,3-4,7-8H2,1-2H3. The van der Waals surface area contributed by atoms with Gasteiger partial charge in [0.1, 0.15) is 5.82 Å². The quantitative estimate of drug-likeness (QED) is 0.857. The molecule has 6 heteroatoms. The highest BCUT2D eigenvalue weighted by atomic mass is 16.5. The molecule has 0 amide bonds. The van der Waals surface area contributed by atoms with Crippen LogP contribution >= 0.6 is 0 Å². The maximum atomic E-state index is 5.21. The van der Waals surface area contributed by atoms with Crippen LogP contribution in [0.5, 0.6) is 0 Å². The second-order valence-corrected chi connectivity index (χ2v) is 5.33. The number of aromatic nitrogens is 4. The van der Waals surface area contributed by atoms with Gasteiger partial charge in [-0.2, -0.15) is 4.98 Å². The van der Waals surface area contributed by atoms with Crippen molar-refractivity contribution >= 4 is 0 Å². The summed E-state index contributed by atoms with van der Waals surface area (Å²) in [6.45, 7) is 5.49. The first-order chi connectivity index (χ1) is 9.22. The summed E-state index contributed by atoms with van der Waals surface area (Å²) >= 11 is 0. The lowest BCUT2D eigenvalue weighted by molar-refractivity contribution is 0.359. The Labute approximate surface area is 112 Å². The van der Waals surface area contributed by atoms with Gasteiger partial charge in [0, 0.05) is 24.4 Å². The van der Waals surface area contributed by atoms with Gasteiger partial charge in [0.25, 0.3) is 0 Å². The fourth-order valence-corrected chi connectivity index (χ4v) is 1.89. The maximum Gasteiger partial charge on any atom is 0.229 e. The topological polar surface area (TPSA) is 68.8 Å². The van der Waals surface area contributed by atoms with E-state index in [2.05, 4.69) is 25.0 Å². The van der Waals surface area contributed by atoms with Crippen molar-refractivity contribution in [2.45, 2.75) is 51.7 Å². The normalized spacial score (nSPS) is 15.3. The van der Waals surface area contributed by atoms with Crippen LogP contribution in [0.15, 0.2) is 16.9 Å². The van der Waals surface area contributed by atoms with E-state index in [4.69, 9.17) is 4.52 Å². The zero-order valence-electron chi connectivity index (χ0n) is 11.3. The van der Waals surface area contributed by atoms with Crippen LogP contribution in [0.25, 0.3) is 0 Å². The zero-order valence-corrected chi connectivity index (χ0v) is 11.3. The molecule has 0 unspecified atom stereocenters. The van der Waals surface area contributed by atoms with E-state index < -0.39 is 0 Å². The first-order valence-electron chi connectivity index (χ1n) is 6.78. The van der Waals surface area contributed by atoms with Crippen molar-refractivity contribution in [1.29, 1.82) is 0 Å². The van der Waals surface area contributed by atoms with Crippen LogP contribution in [-0.4, -0.2) is 25.7 Å². The van der Waals surface area contributed by atoms with Crippen LogP contribution in [0.2, 0.25) is 0 Å². The molecule has 3 rings (SSSR count). The summed E-state index contributed by atoms with van der Waals surface area (Å²) in [7, 11) is 0. The molecule has 1 aliphatic rings. The predicted octanol–water partition coefficient (Wildman–Crippen LogP) is 1.69. The van der Waals surface area contributed by atoms with Gasteiger partial charge in [-0.15, -0.1) is 0 Å². The van der Waals surface area contributed by atoms with E-state index in [0.717, 1.165) is 12.4 Å². The molecule has 2 aromatic rings. The summed E-state index contributed by atoms with van der Waals surface area (Å²) in [5, 5.41) is 7.47. The van der Waals surface area contributed by atoms with Gasteiger partial charge < -0.3 is 14.4 Å². The van der Waals surface area contributed by atoms with Gasteiger partial charge >= 0.3 is 0 Å². The first-order valence-corrected chi connectivity index (χ1v) is 6.78.